The number of anilines is 1. The molecule has 0 radical (unpaired) electrons. The predicted octanol–water partition coefficient (Wildman–Crippen LogP) is 1.73. The van der Waals surface area contributed by atoms with Crippen molar-refractivity contribution in [3.8, 4) is 11.4 Å². The zero-order valence-electron chi connectivity index (χ0n) is 12.9. The molecule has 130 valence electrons. The maximum atomic E-state index is 12.9. The molecular weight excluding hydrogens is 339 g/mol. The number of halogens is 3. The summed E-state index contributed by atoms with van der Waals surface area (Å²) in [4.78, 5) is 13.0. The van der Waals surface area contributed by atoms with E-state index >= 15 is 0 Å². The molecule has 11 heteroatoms. The fourth-order valence-corrected chi connectivity index (χ4v) is 2.12. The van der Waals surface area contributed by atoms with Crippen LogP contribution in [0.5, 0.6) is 0 Å². The van der Waals surface area contributed by atoms with Crippen molar-refractivity contribution in [2.75, 3.05) is 5.32 Å². The van der Waals surface area contributed by atoms with Crippen molar-refractivity contribution >= 4 is 11.6 Å². The average molecular weight is 351 g/mol. The Morgan fingerprint density at radius 1 is 1.20 bits per heavy atom. The molecule has 1 amide bonds. The molecule has 1 N–H and O–H groups in total. The molecule has 0 unspecified atom stereocenters. The third-order valence-electron chi connectivity index (χ3n) is 3.14. The molecule has 2 aromatic heterocycles. The van der Waals surface area contributed by atoms with Gasteiger partial charge >= 0.3 is 6.18 Å². The van der Waals surface area contributed by atoms with Crippen LogP contribution in [0.2, 0.25) is 0 Å². The number of tetrazole rings is 1. The lowest BCUT2D eigenvalue weighted by atomic mass is 10.2. The second kappa shape index (κ2) is 6.34. The first-order valence-electron chi connectivity index (χ1n) is 7.07. The third-order valence-corrected chi connectivity index (χ3v) is 3.14. The van der Waals surface area contributed by atoms with Crippen LogP contribution in [0.1, 0.15) is 5.69 Å². The number of benzene rings is 1. The highest BCUT2D eigenvalue weighted by atomic mass is 19.4. The summed E-state index contributed by atoms with van der Waals surface area (Å²) in [5.41, 5.74) is -0.885. The van der Waals surface area contributed by atoms with Gasteiger partial charge in [-0.1, -0.05) is 30.3 Å². The largest absolute Gasteiger partial charge is 0.437 e. The van der Waals surface area contributed by atoms with Gasteiger partial charge in [0.25, 0.3) is 0 Å². The summed E-state index contributed by atoms with van der Waals surface area (Å²) in [6.45, 7) is -0.383. The summed E-state index contributed by atoms with van der Waals surface area (Å²) in [5.74, 6) is -0.415. The van der Waals surface area contributed by atoms with Crippen molar-refractivity contribution in [3.05, 3.63) is 42.2 Å². The van der Waals surface area contributed by atoms with Gasteiger partial charge in [-0.25, -0.2) is 0 Å². The van der Waals surface area contributed by atoms with E-state index in [9.17, 15) is 18.0 Å². The number of alkyl halides is 3. The number of aryl methyl sites for hydroxylation is 1. The van der Waals surface area contributed by atoms with Crippen LogP contribution in [0.25, 0.3) is 11.4 Å². The highest BCUT2D eigenvalue weighted by molar-refractivity contribution is 5.91. The summed E-state index contributed by atoms with van der Waals surface area (Å²) in [6.07, 6.45) is -3.60. The van der Waals surface area contributed by atoms with Crippen LogP contribution >= 0.6 is 0 Å². The zero-order chi connectivity index (χ0) is 18.0. The molecule has 25 heavy (non-hydrogen) atoms. The van der Waals surface area contributed by atoms with Crippen molar-refractivity contribution in [2.45, 2.75) is 12.7 Å². The summed E-state index contributed by atoms with van der Waals surface area (Å²) >= 11 is 0. The Bertz CT molecular complexity index is 885. The van der Waals surface area contributed by atoms with Crippen LogP contribution in [0.3, 0.4) is 0 Å². The minimum Gasteiger partial charge on any atom is -0.321 e. The fraction of sp³-hybridized carbons (Fsp3) is 0.214. The van der Waals surface area contributed by atoms with E-state index in [1.807, 2.05) is 6.07 Å². The Balaban J connectivity index is 1.71. The van der Waals surface area contributed by atoms with Crippen LogP contribution in [-0.2, 0) is 24.6 Å². The molecule has 0 bridgehead atoms. The number of carbonyl (C=O) groups is 1. The lowest BCUT2D eigenvalue weighted by Crippen LogP contribution is -2.22. The van der Waals surface area contributed by atoms with E-state index in [-0.39, 0.29) is 6.54 Å². The molecule has 0 spiro atoms. The minimum absolute atomic E-state index is 0.311. The first-order chi connectivity index (χ1) is 11.8. The maximum absolute atomic E-state index is 12.9. The smallest absolute Gasteiger partial charge is 0.321 e. The van der Waals surface area contributed by atoms with Gasteiger partial charge < -0.3 is 5.32 Å². The number of nitrogens with one attached hydrogen (secondary N) is 1. The van der Waals surface area contributed by atoms with Gasteiger partial charge in [0.1, 0.15) is 6.54 Å². The normalized spacial score (nSPS) is 11.5. The molecule has 0 aliphatic heterocycles. The standard InChI is InChI=1S/C14H12F3N7O/c1-23-7-10(12(20-23)14(15,16)17)18-11(25)8-24-21-13(19-22-24)9-5-3-2-4-6-9/h2-7H,8H2,1H3,(H,18,25). The summed E-state index contributed by atoms with van der Waals surface area (Å²) < 4.78 is 39.6. The molecule has 0 saturated carbocycles. The lowest BCUT2D eigenvalue weighted by molar-refractivity contribution is -0.140. The number of hydrogen-bond acceptors (Lipinski definition) is 5. The van der Waals surface area contributed by atoms with Crippen LogP contribution in [-0.4, -0.2) is 35.9 Å². The van der Waals surface area contributed by atoms with Gasteiger partial charge in [0, 0.05) is 18.8 Å². The van der Waals surface area contributed by atoms with E-state index in [1.54, 1.807) is 24.3 Å². The Hall–Kier alpha value is -3.24. The molecule has 0 saturated heterocycles. The van der Waals surface area contributed by atoms with Crippen molar-refractivity contribution in [1.82, 2.24) is 30.0 Å². The highest BCUT2D eigenvalue weighted by Crippen LogP contribution is 2.33. The SMILES string of the molecule is Cn1cc(NC(=O)Cn2nnc(-c3ccccc3)n2)c(C(F)(F)F)n1. The second-order valence-electron chi connectivity index (χ2n) is 5.12. The van der Waals surface area contributed by atoms with E-state index in [1.165, 1.54) is 7.05 Å². The van der Waals surface area contributed by atoms with Crippen LogP contribution < -0.4 is 5.32 Å². The molecule has 0 fully saturated rings. The van der Waals surface area contributed by atoms with Crippen LogP contribution in [0, 0.1) is 0 Å². The maximum Gasteiger partial charge on any atom is 0.437 e. The average Bonchev–Trinajstić information content (AvgIpc) is 3.14. The molecule has 8 nitrogen and oxygen atoms in total. The van der Waals surface area contributed by atoms with Crippen LogP contribution in [0.4, 0.5) is 18.9 Å². The van der Waals surface area contributed by atoms with Crippen molar-refractivity contribution in [2.24, 2.45) is 7.05 Å². The number of rotatable bonds is 4. The first-order valence-corrected chi connectivity index (χ1v) is 7.07. The Kier molecular flexibility index (Phi) is 4.21. The second-order valence-corrected chi connectivity index (χ2v) is 5.12. The Morgan fingerprint density at radius 3 is 2.60 bits per heavy atom. The van der Waals surface area contributed by atoms with Gasteiger partial charge in [-0.3, -0.25) is 9.48 Å². The van der Waals surface area contributed by atoms with Gasteiger partial charge in [0.2, 0.25) is 11.7 Å². The minimum atomic E-state index is -4.67. The monoisotopic (exact) mass is 351 g/mol. The Morgan fingerprint density at radius 2 is 1.92 bits per heavy atom. The van der Waals surface area contributed by atoms with E-state index in [0.717, 1.165) is 15.7 Å². The van der Waals surface area contributed by atoms with E-state index in [0.29, 0.717) is 11.4 Å². The van der Waals surface area contributed by atoms with Crippen molar-refractivity contribution < 1.29 is 18.0 Å². The molecule has 3 aromatic rings. The topological polar surface area (TPSA) is 90.5 Å². The predicted molar refractivity (Wildman–Crippen MR) is 80.1 cm³/mol. The molecule has 0 aliphatic carbocycles. The first kappa shape index (κ1) is 16.6. The van der Waals surface area contributed by atoms with E-state index in [4.69, 9.17) is 0 Å². The zero-order valence-corrected chi connectivity index (χ0v) is 12.9. The lowest BCUT2D eigenvalue weighted by Gasteiger charge is -2.07. The van der Waals surface area contributed by atoms with Gasteiger partial charge in [0.15, 0.2) is 5.69 Å². The quantitative estimate of drug-likeness (QED) is 0.773. The third kappa shape index (κ3) is 3.82. The molecular formula is C14H12F3N7O. The molecule has 0 aliphatic rings. The van der Waals surface area contributed by atoms with Crippen molar-refractivity contribution in [3.63, 3.8) is 0 Å². The van der Waals surface area contributed by atoms with Gasteiger partial charge in [-0.15, -0.1) is 10.2 Å². The highest BCUT2D eigenvalue weighted by Gasteiger charge is 2.37. The molecule has 3 rings (SSSR count). The van der Waals surface area contributed by atoms with E-state index < -0.39 is 23.5 Å². The van der Waals surface area contributed by atoms with E-state index in [2.05, 4.69) is 25.8 Å². The molecule has 0 atom stereocenters. The van der Waals surface area contributed by atoms with Gasteiger partial charge in [-0.2, -0.15) is 23.1 Å². The number of nitrogens with zero attached hydrogens (tertiary/aromatic N) is 6. The molecule has 1 aromatic carbocycles. The number of aromatic nitrogens is 6. The summed E-state index contributed by atoms with van der Waals surface area (Å²) in [7, 11) is 1.33. The molecule has 2 heterocycles. The fourth-order valence-electron chi connectivity index (χ4n) is 2.12. The van der Waals surface area contributed by atoms with Crippen molar-refractivity contribution in [1.29, 1.82) is 0 Å². The number of carbonyl (C=O) groups excluding carboxylic acids is 1. The van der Waals surface area contributed by atoms with Gasteiger partial charge in [0.05, 0.1) is 5.69 Å². The summed E-state index contributed by atoms with van der Waals surface area (Å²) in [5, 5.41) is 17.0. The van der Waals surface area contributed by atoms with Crippen LogP contribution in [0.15, 0.2) is 36.5 Å². The van der Waals surface area contributed by atoms with Gasteiger partial charge in [-0.05, 0) is 5.21 Å². The number of amides is 1. The summed E-state index contributed by atoms with van der Waals surface area (Å²) in [6, 6.07) is 8.96. The number of hydrogen-bond donors (Lipinski definition) is 1. The Labute approximate surface area is 139 Å².